The minimum Gasteiger partial charge on any atom is -0.326 e. The third kappa shape index (κ3) is 3.81. The minimum atomic E-state index is -0.0714. The lowest BCUT2D eigenvalue weighted by Crippen LogP contribution is -2.28. The third-order valence-corrected chi connectivity index (χ3v) is 7.01. The van der Waals surface area contributed by atoms with Gasteiger partial charge in [-0.2, -0.15) is 0 Å². The highest BCUT2D eigenvalue weighted by molar-refractivity contribution is 8.00. The highest BCUT2D eigenvalue weighted by Gasteiger charge is 2.34. The molecule has 0 unspecified atom stereocenters. The van der Waals surface area contributed by atoms with Gasteiger partial charge in [-0.25, -0.2) is 0 Å². The molecule has 0 aromatic heterocycles. The second-order valence-electron chi connectivity index (χ2n) is 7.79. The Morgan fingerprint density at radius 2 is 1.86 bits per heavy atom. The number of anilines is 2. The fraction of sp³-hybridized carbons (Fsp3) is 0.391. The summed E-state index contributed by atoms with van der Waals surface area (Å²) in [5, 5.41) is 3.01. The second-order valence-corrected chi connectivity index (χ2v) is 8.86. The number of benzene rings is 2. The van der Waals surface area contributed by atoms with Crippen molar-refractivity contribution in [1.82, 2.24) is 0 Å². The number of nitrogens with one attached hydrogen (secondary N) is 1. The van der Waals surface area contributed by atoms with Crippen molar-refractivity contribution in [1.29, 1.82) is 0 Å². The Kier molecular flexibility index (Phi) is 5.44. The van der Waals surface area contributed by atoms with Crippen LogP contribution in [0.15, 0.2) is 42.5 Å². The van der Waals surface area contributed by atoms with Gasteiger partial charge in [0.2, 0.25) is 11.8 Å². The largest absolute Gasteiger partial charge is 0.326 e. The highest BCUT2D eigenvalue weighted by atomic mass is 32.2. The van der Waals surface area contributed by atoms with E-state index in [1.807, 2.05) is 35.2 Å². The molecule has 146 valence electrons. The number of aryl methyl sites for hydroxylation is 2. The maximum absolute atomic E-state index is 12.6. The van der Waals surface area contributed by atoms with Gasteiger partial charge in [-0.15, -0.1) is 11.8 Å². The number of amides is 2. The Hall–Kier alpha value is -2.27. The van der Waals surface area contributed by atoms with E-state index in [2.05, 4.69) is 31.3 Å². The van der Waals surface area contributed by atoms with Crippen LogP contribution in [0.5, 0.6) is 0 Å². The molecule has 28 heavy (non-hydrogen) atoms. The van der Waals surface area contributed by atoms with Gasteiger partial charge in [0.1, 0.15) is 5.37 Å². The van der Waals surface area contributed by atoms with E-state index in [0.29, 0.717) is 5.75 Å². The molecule has 1 aliphatic carbocycles. The van der Waals surface area contributed by atoms with Gasteiger partial charge in [-0.1, -0.05) is 31.0 Å². The Morgan fingerprint density at radius 1 is 1.07 bits per heavy atom. The Morgan fingerprint density at radius 3 is 2.61 bits per heavy atom. The zero-order valence-corrected chi connectivity index (χ0v) is 17.2. The van der Waals surface area contributed by atoms with E-state index in [-0.39, 0.29) is 23.1 Å². The van der Waals surface area contributed by atoms with Gasteiger partial charge < -0.3 is 5.32 Å². The molecule has 2 aromatic rings. The molecule has 4 nitrogen and oxygen atoms in total. The lowest BCUT2D eigenvalue weighted by molar-refractivity contribution is -0.119. The molecule has 1 N–H and O–H groups in total. The predicted molar refractivity (Wildman–Crippen MR) is 116 cm³/mol. The molecule has 5 heteroatoms. The van der Waals surface area contributed by atoms with E-state index < -0.39 is 0 Å². The first kappa shape index (κ1) is 19.1. The van der Waals surface area contributed by atoms with Crippen LogP contribution in [0.25, 0.3) is 0 Å². The third-order valence-electron chi connectivity index (χ3n) is 5.80. The maximum atomic E-state index is 12.6. The zero-order chi connectivity index (χ0) is 19.7. The van der Waals surface area contributed by atoms with E-state index in [1.54, 1.807) is 11.8 Å². The molecule has 0 bridgehead atoms. The van der Waals surface area contributed by atoms with Gasteiger partial charge in [-0.05, 0) is 67.6 Å². The second kappa shape index (κ2) is 8.00. The van der Waals surface area contributed by atoms with Crippen molar-refractivity contribution in [2.45, 2.75) is 44.9 Å². The molecule has 2 aliphatic rings. The average Bonchev–Trinajstić information content (AvgIpc) is 3.34. The standard InChI is InChI=1S/C23H26N2O2S/c1-15-10-11-20(12-16(15)2)25-21(26)14-28-23(25)18-8-5-9-19(13-18)24-22(27)17-6-3-4-7-17/h5,8-13,17,23H,3-4,6-7,14H2,1-2H3,(H,24,27)/t23-/m1/s1. The van der Waals surface area contributed by atoms with E-state index in [0.717, 1.165) is 42.6 Å². The van der Waals surface area contributed by atoms with Crippen LogP contribution in [0.1, 0.15) is 47.7 Å². The highest BCUT2D eigenvalue weighted by Crippen LogP contribution is 2.42. The molecule has 1 aliphatic heterocycles. The number of carbonyl (C=O) groups is 2. The molecule has 1 atom stereocenters. The maximum Gasteiger partial charge on any atom is 0.238 e. The van der Waals surface area contributed by atoms with Crippen molar-refractivity contribution in [3.05, 3.63) is 59.2 Å². The molecule has 2 amide bonds. The summed E-state index contributed by atoms with van der Waals surface area (Å²) in [6.45, 7) is 4.15. The molecule has 1 heterocycles. The summed E-state index contributed by atoms with van der Waals surface area (Å²) in [5.41, 5.74) is 5.19. The van der Waals surface area contributed by atoms with Crippen LogP contribution in [0.2, 0.25) is 0 Å². The average molecular weight is 395 g/mol. The van der Waals surface area contributed by atoms with Gasteiger partial charge in [0, 0.05) is 17.3 Å². The minimum absolute atomic E-state index is 0.0714. The number of carbonyl (C=O) groups excluding carboxylic acids is 2. The normalized spacial score (nSPS) is 20.0. The molecule has 1 saturated carbocycles. The molecular formula is C23H26N2O2S. The molecule has 2 aromatic carbocycles. The Labute approximate surface area is 170 Å². The van der Waals surface area contributed by atoms with Crippen molar-refractivity contribution < 1.29 is 9.59 Å². The molecule has 2 fully saturated rings. The molecule has 0 radical (unpaired) electrons. The van der Waals surface area contributed by atoms with Gasteiger partial charge in [0.15, 0.2) is 0 Å². The summed E-state index contributed by atoms with van der Waals surface area (Å²) in [7, 11) is 0. The first-order valence-corrected chi connectivity index (χ1v) is 11.0. The summed E-state index contributed by atoms with van der Waals surface area (Å²) in [4.78, 5) is 27.0. The predicted octanol–water partition coefficient (Wildman–Crippen LogP) is 5.21. The fourth-order valence-corrected chi connectivity index (χ4v) is 5.19. The van der Waals surface area contributed by atoms with Crippen molar-refractivity contribution >= 4 is 35.0 Å². The SMILES string of the molecule is Cc1ccc(N2C(=O)CS[C@@H]2c2cccc(NC(=O)C3CCCC3)c2)cc1C. The van der Waals surface area contributed by atoms with Gasteiger partial charge in [0.25, 0.3) is 0 Å². The van der Waals surface area contributed by atoms with E-state index in [9.17, 15) is 9.59 Å². The number of rotatable bonds is 4. The van der Waals surface area contributed by atoms with Crippen molar-refractivity contribution in [2.24, 2.45) is 5.92 Å². The van der Waals surface area contributed by atoms with E-state index >= 15 is 0 Å². The smallest absolute Gasteiger partial charge is 0.238 e. The summed E-state index contributed by atoms with van der Waals surface area (Å²) in [5.74, 6) is 0.851. The molecule has 1 saturated heterocycles. The molecule has 4 rings (SSSR count). The van der Waals surface area contributed by atoms with Crippen LogP contribution in [0.3, 0.4) is 0 Å². The summed E-state index contributed by atoms with van der Waals surface area (Å²) < 4.78 is 0. The van der Waals surface area contributed by atoms with Crippen LogP contribution in [0.4, 0.5) is 11.4 Å². The van der Waals surface area contributed by atoms with Crippen molar-refractivity contribution in [3.8, 4) is 0 Å². The van der Waals surface area contributed by atoms with Crippen molar-refractivity contribution in [2.75, 3.05) is 16.0 Å². The zero-order valence-electron chi connectivity index (χ0n) is 16.4. The molecular weight excluding hydrogens is 368 g/mol. The van der Waals surface area contributed by atoms with Crippen LogP contribution >= 0.6 is 11.8 Å². The summed E-state index contributed by atoms with van der Waals surface area (Å²) in [6.07, 6.45) is 4.26. The number of hydrogen-bond acceptors (Lipinski definition) is 3. The first-order valence-electron chi connectivity index (χ1n) is 9.94. The number of hydrogen-bond donors (Lipinski definition) is 1. The van der Waals surface area contributed by atoms with Crippen LogP contribution < -0.4 is 10.2 Å². The summed E-state index contributed by atoms with van der Waals surface area (Å²) >= 11 is 1.63. The lowest BCUT2D eigenvalue weighted by atomic mass is 10.1. The first-order chi connectivity index (χ1) is 13.5. The quantitative estimate of drug-likeness (QED) is 0.774. The fourth-order valence-electron chi connectivity index (χ4n) is 4.03. The lowest BCUT2D eigenvalue weighted by Gasteiger charge is -2.25. The van der Waals surface area contributed by atoms with E-state index in [1.165, 1.54) is 11.1 Å². The van der Waals surface area contributed by atoms with Crippen LogP contribution in [0, 0.1) is 19.8 Å². The number of nitrogens with zero attached hydrogens (tertiary/aromatic N) is 1. The number of thioether (sulfide) groups is 1. The molecule has 0 spiro atoms. The van der Waals surface area contributed by atoms with Gasteiger partial charge >= 0.3 is 0 Å². The van der Waals surface area contributed by atoms with E-state index in [4.69, 9.17) is 0 Å². The van der Waals surface area contributed by atoms with Crippen LogP contribution in [-0.4, -0.2) is 17.6 Å². The van der Waals surface area contributed by atoms with Crippen LogP contribution in [-0.2, 0) is 9.59 Å². The Balaban J connectivity index is 1.57. The van der Waals surface area contributed by atoms with Crippen molar-refractivity contribution in [3.63, 3.8) is 0 Å². The monoisotopic (exact) mass is 394 g/mol. The summed E-state index contributed by atoms with van der Waals surface area (Å²) in [6, 6.07) is 14.1. The topological polar surface area (TPSA) is 49.4 Å². The van der Waals surface area contributed by atoms with Gasteiger partial charge in [-0.3, -0.25) is 14.5 Å². The van der Waals surface area contributed by atoms with Gasteiger partial charge in [0.05, 0.1) is 5.75 Å². The Bertz CT molecular complexity index is 905.